The van der Waals surface area contributed by atoms with Gasteiger partial charge in [0.25, 0.3) is 5.09 Å². The molecular formula is C23H26N4O6S. The van der Waals surface area contributed by atoms with Gasteiger partial charge in [-0.3, -0.25) is 4.79 Å². The highest BCUT2D eigenvalue weighted by molar-refractivity contribution is 7.90. The van der Waals surface area contributed by atoms with E-state index in [0.29, 0.717) is 5.56 Å². The summed E-state index contributed by atoms with van der Waals surface area (Å²) in [6, 6.07) is 16.7. The van der Waals surface area contributed by atoms with Crippen molar-refractivity contribution in [2.24, 2.45) is 5.73 Å². The van der Waals surface area contributed by atoms with Gasteiger partial charge >= 0.3 is 0 Å². The van der Waals surface area contributed by atoms with Gasteiger partial charge in [0, 0.05) is 24.2 Å². The lowest BCUT2D eigenvalue weighted by atomic mass is 10.1. The van der Waals surface area contributed by atoms with Gasteiger partial charge in [0.1, 0.15) is 12.1 Å². The van der Waals surface area contributed by atoms with Gasteiger partial charge in [-0.15, -0.1) is 10.1 Å². The van der Waals surface area contributed by atoms with E-state index in [1.807, 2.05) is 41.8 Å². The minimum absolute atomic E-state index is 0.0776. The number of benzene rings is 2. The number of nitrogens with zero attached hydrogens (tertiary/aromatic N) is 2. The molecule has 180 valence electrons. The van der Waals surface area contributed by atoms with E-state index in [2.05, 4.69) is 10.2 Å². The highest BCUT2D eigenvalue weighted by Crippen LogP contribution is 2.32. The zero-order valence-corrected chi connectivity index (χ0v) is 19.8. The Morgan fingerprint density at radius 2 is 1.79 bits per heavy atom. The van der Waals surface area contributed by atoms with E-state index in [4.69, 9.17) is 5.73 Å². The van der Waals surface area contributed by atoms with Gasteiger partial charge in [0.2, 0.25) is 5.91 Å². The third-order valence-electron chi connectivity index (χ3n) is 5.33. The number of rotatable bonds is 9. The molecule has 1 heterocycles. The minimum atomic E-state index is -3.34. The van der Waals surface area contributed by atoms with Crippen LogP contribution in [0.1, 0.15) is 24.2 Å². The second-order valence-corrected chi connectivity index (χ2v) is 9.92. The number of aromatic nitrogens is 1. The lowest BCUT2D eigenvalue weighted by Gasteiger charge is -2.16. The SMILES string of the molecule is Cc1c([C@H](N)C(=O)NCC(C)O[N+](=O)[O-])cc(-c2ccc(S(C)(=O)=O)cc2)n1-c1ccccc1. The van der Waals surface area contributed by atoms with E-state index < -0.39 is 33.0 Å². The predicted octanol–water partition coefficient (Wildman–Crippen LogP) is 2.57. The number of para-hydroxylation sites is 1. The number of carbonyl (C=O) groups excluding carboxylic acids is 1. The molecule has 0 saturated carbocycles. The number of hydrogen-bond donors (Lipinski definition) is 2. The molecule has 0 aliphatic carbocycles. The summed E-state index contributed by atoms with van der Waals surface area (Å²) in [5.41, 5.74) is 9.87. The van der Waals surface area contributed by atoms with E-state index in [1.54, 1.807) is 18.2 Å². The fraction of sp³-hybridized carbons (Fsp3) is 0.261. The smallest absolute Gasteiger partial charge is 0.294 e. The molecule has 34 heavy (non-hydrogen) atoms. The fourth-order valence-electron chi connectivity index (χ4n) is 3.62. The second kappa shape index (κ2) is 10.1. The van der Waals surface area contributed by atoms with Crippen LogP contribution in [0.5, 0.6) is 0 Å². The van der Waals surface area contributed by atoms with E-state index in [9.17, 15) is 23.3 Å². The number of sulfone groups is 1. The molecule has 0 spiro atoms. The third-order valence-corrected chi connectivity index (χ3v) is 6.45. The lowest BCUT2D eigenvalue weighted by Crippen LogP contribution is -2.39. The standard InChI is InChI=1S/C23H26N4O6S/c1-15(33-27(29)30)14-25-23(28)22(24)20-13-21(17-9-11-19(12-10-17)34(3,31)32)26(16(20)2)18-7-5-4-6-8-18/h4-13,15,22H,14,24H2,1-3H3,(H,25,28)/t15?,22-/m0/s1. The molecule has 2 aromatic carbocycles. The summed E-state index contributed by atoms with van der Waals surface area (Å²) in [6.07, 6.45) is 0.316. The summed E-state index contributed by atoms with van der Waals surface area (Å²) in [4.78, 5) is 27.8. The largest absolute Gasteiger partial charge is 0.352 e. The molecule has 2 atom stereocenters. The summed E-state index contributed by atoms with van der Waals surface area (Å²) in [7, 11) is -3.34. The Kier molecular flexibility index (Phi) is 7.38. The summed E-state index contributed by atoms with van der Waals surface area (Å²) >= 11 is 0. The van der Waals surface area contributed by atoms with Crippen LogP contribution in [0, 0.1) is 17.0 Å². The lowest BCUT2D eigenvalue weighted by molar-refractivity contribution is -0.767. The van der Waals surface area contributed by atoms with E-state index in [-0.39, 0.29) is 11.4 Å². The number of amides is 1. The Labute approximate surface area is 197 Å². The zero-order valence-electron chi connectivity index (χ0n) is 19.0. The molecule has 10 nitrogen and oxygen atoms in total. The van der Waals surface area contributed by atoms with Gasteiger partial charge in [0.15, 0.2) is 9.84 Å². The Morgan fingerprint density at radius 1 is 1.18 bits per heavy atom. The molecule has 1 aromatic heterocycles. The van der Waals surface area contributed by atoms with Crippen LogP contribution in [-0.4, -0.2) is 42.9 Å². The molecule has 3 N–H and O–H groups in total. The average molecular weight is 487 g/mol. The Morgan fingerprint density at radius 3 is 2.35 bits per heavy atom. The predicted molar refractivity (Wildman–Crippen MR) is 127 cm³/mol. The Bertz CT molecular complexity index is 1290. The van der Waals surface area contributed by atoms with Crippen LogP contribution >= 0.6 is 0 Å². The molecule has 3 rings (SSSR count). The van der Waals surface area contributed by atoms with Gasteiger partial charge in [-0.1, -0.05) is 30.3 Å². The van der Waals surface area contributed by atoms with Crippen molar-refractivity contribution in [3.05, 3.63) is 82.0 Å². The quantitative estimate of drug-likeness (QED) is 0.349. The summed E-state index contributed by atoms with van der Waals surface area (Å²) in [5.74, 6) is -0.508. The van der Waals surface area contributed by atoms with Crippen molar-refractivity contribution in [3.8, 4) is 16.9 Å². The molecule has 0 fully saturated rings. The minimum Gasteiger partial charge on any atom is -0.352 e. The summed E-state index contributed by atoms with van der Waals surface area (Å²) < 4.78 is 25.6. The zero-order chi connectivity index (χ0) is 25.0. The molecule has 0 radical (unpaired) electrons. The van der Waals surface area contributed by atoms with Crippen LogP contribution in [0.4, 0.5) is 0 Å². The molecule has 11 heteroatoms. The van der Waals surface area contributed by atoms with Gasteiger partial charge in [-0.25, -0.2) is 8.42 Å². The highest BCUT2D eigenvalue weighted by atomic mass is 32.2. The van der Waals surface area contributed by atoms with Gasteiger partial charge < -0.3 is 20.5 Å². The van der Waals surface area contributed by atoms with Crippen LogP contribution < -0.4 is 11.1 Å². The highest BCUT2D eigenvalue weighted by Gasteiger charge is 2.24. The van der Waals surface area contributed by atoms with Crippen LogP contribution in [0.3, 0.4) is 0 Å². The molecular weight excluding hydrogens is 460 g/mol. The van der Waals surface area contributed by atoms with Crippen molar-refractivity contribution < 1.29 is 23.1 Å². The van der Waals surface area contributed by atoms with Crippen molar-refractivity contribution in [1.29, 1.82) is 0 Å². The average Bonchev–Trinajstić information content (AvgIpc) is 3.13. The van der Waals surface area contributed by atoms with Crippen LogP contribution in [-0.2, 0) is 19.5 Å². The van der Waals surface area contributed by atoms with Crippen molar-refractivity contribution in [1.82, 2.24) is 9.88 Å². The molecule has 0 aliphatic heterocycles. The molecule has 0 aliphatic rings. The molecule has 3 aromatic rings. The summed E-state index contributed by atoms with van der Waals surface area (Å²) in [5, 5.41) is 12.1. The van der Waals surface area contributed by atoms with Crippen molar-refractivity contribution >= 4 is 15.7 Å². The van der Waals surface area contributed by atoms with Crippen molar-refractivity contribution in [2.75, 3.05) is 12.8 Å². The van der Waals surface area contributed by atoms with Gasteiger partial charge in [-0.2, -0.15) is 0 Å². The number of nitrogens with one attached hydrogen (secondary N) is 1. The van der Waals surface area contributed by atoms with E-state index in [0.717, 1.165) is 28.9 Å². The Hall–Kier alpha value is -3.70. The van der Waals surface area contributed by atoms with Crippen LogP contribution in [0.2, 0.25) is 0 Å². The van der Waals surface area contributed by atoms with Crippen LogP contribution in [0.25, 0.3) is 16.9 Å². The molecule has 0 saturated heterocycles. The third kappa shape index (κ3) is 5.61. The monoisotopic (exact) mass is 486 g/mol. The molecule has 1 amide bonds. The normalized spacial score (nSPS) is 13.2. The molecule has 0 bridgehead atoms. The van der Waals surface area contributed by atoms with Gasteiger partial charge in [0.05, 0.1) is 10.6 Å². The maximum atomic E-state index is 12.7. The number of carbonyl (C=O) groups is 1. The van der Waals surface area contributed by atoms with Crippen LogP contribution in [0.15, 0.2) is 65.6 Å². The second-order valence-electron chi connectivity index (χ2n) is 7.90. The van der Waals surface area contributed by atoms with Crippen molar-refractivity contribution in [2.45, 2.75) is 30.9 Å². The van der Waals surface area contributed by atoms with E-state index in [1.165, 1.54) is 19.1 Å². The number of nitrogens with two attached hydrogens (primary N) is 1. The van der Waals surface area contributed by atoms with Crippen molar-refractivity contribution in [3.63, 3.8) is 0 Å². The Balaban J connectivity index is 1.99. The maximum Gasteiger partial charge on any atom is 0.294 e. The van der Waals surface area contributed by atoms with Gasteiger partial charge in [-0.05, 0) is 55.3 Å². The van der Waals surface area contributed by atoms with E-state index >= 15 is 0 Å². The topological polar surface area (TPSA) is 147 Å². The first-order valence-electron chi connectivity index (χ1n) is 10.4. The number of hydrogen-bond acceptors (Lipinski definition) is 7. The summed E-state index contributed by atoms with van der Waals surface area (Å²) in [6.45, 7) is 3.22. The fourth-order valence-corrected chi connectivity index (χ4v) is 4.25. The first kappa shape index (κ1) is 24.9. The molecule has 1 unspecified atom stereocenters. The first-order chi connectivity index (χ1) is 16.0. The maximum absolute atomic E-state index is 12.7. The first-order valence-corrected chi connectivity index (χ1v) is 12.3.